The molecule has 0 bridgehead atoms. The number of nitrogens with one attached hydrogen (secondary N) is 2. The highest BCUT2D eigenvalue weighted by atomic mass is 32.2. The van der Waals surface area contributed by atoms with Crippen LogP contribution in [-0.4, -0.2) is 20.6 Å². The van der Waals surface area contributed by atoms with Gasteiger partial charge in [-0.3, -0.25) is 9.52 Å². The van der Waals surface area contributed by atoms with Gasteiger partial charge in [-0.2, -0.15) is 0 Å². The largest absolute Gasteiger partial charge is 0.456 e. The van der Waals surface area contributed by atoms with Gasteiger partial charge in [0.05, 0.1) is 6.26 Å². The van der Waals surface area contributed by atoms with Crippen molar-refractivity contribution >= 4 is 21.6 Å². The lowest BCUT2D eigenvalue weighted by atomic mass is 10.2. The van der Waals surface area contributed by atoms with Crippen molar-refractivity contribution in [2.75, 3.05) is 11.0 Å². The van der Waals surface area contributed by atoms with Crippen LogP contribution in [0.5, 0.6) is 0 Å². The summed E-state index contributed by atoms with van der Waals surface area (Å²) in [6.07, 6.45) is 1.08. The van der Waals surface area contributed by atoms with Crippen molar-refractivity contribution in [1.29, 1.82) is 0 Å². The summed E-state index contributed by atoms with van der Waals surface area (Å²) in [6.45, 7) is 2.04. The number of aryl methyl sites for hydroxylation is 1. The molecule has 0 aliphatic rings. The maximum absolute atomic E-state index is 11.8. The third-order valence-corrected chi connectivity index (χ3v) is 3.25. The fraction of sp³-hybridized carbons (Fsp3) is 0.214. The Morgan fingerprint density at radius 3 is 2.62 bits per heavy atom. The first-order chi connectivity index (χ1) is 9.83. The average Bonchev–Trinajstić information content (AvgIpc) is 2.81. The summed E-state index contributed by atoms with van der Waals surface area (Å²) in [5, 5.41) is 2.71. The lowest BCUT2D eigenvalue weighted by molar-refractivity contribution is 0.0922. The topological polar surface area (TPSA) is 88.4 Å². The monoisotopic (exact) mass is 308 g/mol. The summed E-state index contributed by atoms with van der Waals surface area (Å²) < 4.78 is 29.9. The minimum absolute atomic E-state index is 0.248. The molecular weight excluding hydrogens is 292 g/mol. The molecule has 0 saturated carbocycles. The number of benzene rings is 1. The quantitative estimate of drug-likeness (QED) is 0.883. The molecule has 0 unspecified atom stereocenters. The Bertz CT molecular complexity index is 750. The van der Waals surface area contributed by atoms with Gasteiger partial charge < -0.3 is 9.73 Å². The predicted octanol–water partition coefficient (Wildman–Crippen LogP) is 1.89. The van der Waals surface area contributed by atoms with Crippen LogP contribution in [-0.2, 0) is 16.6 Å². The van der Waals surface area contributed by atoms with E-state index in [4.69, 9.17) is 4.42 Å². The van der Waals surface area contributed by atoms with E-state index in [0.29, 0.717) is 11.4 Å². The highest BCUT2D eigenvalue weighted by Gasteiger charge is 2.09. The number of sulfonamides is 1. The van der Waals surface area contributed by atoms with Crippen LogP contribution in [0.15, 0.2) is 40.8 Å². The van der Waals surface area contributed by atoms with E-state index < -0.39 is 10.0 Å². The molecular formula is C14H16N2O4S. The van der Waals surface area contributed by atoms with Crippen LogP contribution < -0.4 is 10.0 Å². The van der Waals surface area contributed by atoms with Gasteiger partial charge in [-0.25, -0.2) is 8.42 Å². The molecule has 0 fully saturated rings. The number of carbonyl (C=O) groups excluding carboxylic acids is 1. The van der Waals surface area contributed by atoms with Crippen molar-refractivity contribution in [3.05, 3.63) is 53.5 Å². The van der Waals surface area contributed by atoms with E-state index in [9.17, 15) is 13.2 Å². The number of carbonyl (C=O) groups is 1. The molecule has 0 saturated heterocycles. The lowest BCUT2D eigenvalue weighted by Crippen LogP contribution is -2.22. The minimum Gasteiger partial charge on any atom is -0.456 e. The minimum atomic E-state index is -3.32. The molecule has 7 heteroatoms. The molecule has 0 aliphatic carbocycles. The Kier molecular flexibility index (Phi) is 4.32. The van der Waals surface area contributed by atoms with Crippen molar-refractivity contribution in [2.24, 2.45) is 0 Å². The molecule has 1 aromatic heterocycles. The number of hydrogen-bond donors (Lipinski definition) is 2. The highest BCUT2D eigenvalue weighted by molar-refractivity contribution is 7.92. The molecule has 112 valence electrons. The Balaban J connectivity index is 2.00. The number of furan rings is 1. The molecule has 0 atom stereocenters. The van der Waals surface area contributed by atoms with Gasteiger partial charge in [-0.05, 0) is 36.8 Å². The Morgan fingerprint density at radius 1 is 1.24 bits per heavy atom. The third-order valence-electron chi connectivity index (χ3n) is 2.65. The molecule has 2 N–H and O–H groups in total. The van der Waals surface area contributed by atoms with Gasteiger partial charge in [0.1, 0.15) is 5.76 Å². The van der Waals surface area contributed by atoms with Crippen molar-refractivity contribution < 1.29 is 17.6 Å². The highest BCUT2D eigenvalue weighted by Crippen LogP contribution is 2.12. The predicted molar refractivity (Wildman–Crippen MR) is 79.5 cm³/mol. The molecule has 2 aromatic rings. The van der Waals surface area contributed by atoms with Crippen LogP contribution in [0.1, 0.15) is 21.9 Å². The van der Waals surface area contributed by atoms with Crippen LogP contribution in [0.4, 0.5) is 5.69 Å². The average molecular weight is 308 g/mol. The van der Waals surface area contributed by atoms with Crippen LogP contribution in [0.25, 0.3) is 0 Å². The summed E-state index contributed by atoms with van der Waals surface area (Å²) in [5.74, 6) is 0.599. The van der Waals surface area contributed by atoms with Crippen molar-refractivity contribution in [3.63, 3.8) is 0 Å². The zero-order valence-electron chi connectivity index (χ0n) is 11.7. The van der Waals surface area contributed by atoms with Gasteiger partial charge in [-0.15, -0.1) is 0 Å². The van der Waals surface area contributed by atoms with Crippen molar-refractivity contribution in [1.82, 2.24) is 5.32 Å². The third kappa shape index (κ3) is 4.64. The Labute approximate surface area is 123 Å². The Morgan fingerprint density at radius 2 is 2.00 bits per heavy atom. The molecule has 1 aromatic carbocycles. The first kappa shape index (κ1) is 15.1. The molecule has 1 heterocycles. The molecule has 6 nitrogen and oxygen atoms in total. The van der Waals surface area contributed by atoms with Crippen LogP contribution in [0.2, 0.25) is 0 Å². The molecule has 0 spiro atoms. The zero-order chi connectivity index (χ0) is 15.5. The molecule has 0 radical (unpaired) electrons. The van der Waals surface area contributed by atoms with Gasteiger partial charge in [0.25, 0.3) is 5.91 Å². The molecule has 1 amide bonds. The SMILES string of the molecule is Cc1ccc(C(=O)NCc2cccc(NS(C)(=O)=O)c2)o1. The fourth-order valence-electron chi connectivity index (χ4n) is 1.78. The van der Waals surface area contributed by atoms with Gasteiger partial charge in [0, 0.05) is 12.2 Å². The van der Waals surface area contributed by atoms with E-state index in [-0.39, 0.29) is 18.2 Å². The summed E-state index contributed by atoms with van der Waals surface area (Å²) in [7, 11) is -3.32. The van der Waals surface area contributed by atoms with E-state index in [0.717, 1.165) is 11.8 Å². The second-order valence-corrected chi connectivity index (χ2v) is 6.42. The maximum Gasteiger partial charge on any atom is 0.287 e. The van der Waals surface area contributed by atoms with E-state index in [2.05, 4.69) is 10.0 Å². The first-order valence-corrected chi connectivity index (χ1v) is 8.14. The normalized spacial score (nSPS) is 11.1. The number of hydrogen-bond acceptors (Lipinski definition) is 4. The van der Waals surface area contributed by atoms with Gasteiger partial charge >= 0.3 is 0 Å². The van der Waals surface area contributed by atoms with Crippen LogP contribution in [0, 0.1) is 6.92 Å². The summed E-state index contributed by atoms with van der Waals surface area (Å²) >= 11 is 0. The van der Waals surface area contributed by atoms with Gasteiger partial charge in [0.2, 0.25) is 10.0 Å². The van der Waals surface area contributed by atoms with E-state index in [1.54, 1.807) is 43.3 Å². The Hall–Kier alpha value is -2.28. The van der Waals surface area contributed by atoms with E-state index in [1.807, 2.05) is 0 Å². The van der Waals surface area contributed by atoms with Gasteiger partial charge in [0.15, 0.2) is 5.76 Å². The molecule has 2 rings (SSSR count). The van der Waals surface area contributed by atoms with Gasteiger partial charge in [-0.1, -0.05) is 12.1 Å². The summed E-state index contributed by atoms with van der Waals surface area (Å²) in [5.41, 5.74) is 1.23. The number of anilines is 1. The zero-order valence-corrected chi connectivity index (χ0v) is 12.5. The lowest BCUT2D eigenvalue weighted by Gasteiger charge is -2.07. The van der Waals surface area contributed by atoms with Crippen LogP contribution >= 0.6 is 0 Å². The number of amides is 1. The maximum atomic E-state index is 11.8. The summed E-state index contributed by atoms with van der Waals surface area (Å²) in [6, 6.07) is 10.1. The van der Waals surface area contributed by atoms with E-state index in [1.165, 1.54) is 0 Å². The fourth-order valence-corrected chi connectivity index (χ4v) is 2.34. The van der Waals surface area contributed by atoms with Crippen LogP contribution in [0.3, 0.4) is 0 Å². The van der Waals surface area contributed by atoms with Crippen molar-refractivity contribution in [2.45, 2.75) is 13.5 Å². The second kappa shape index (κ2) is 6.01. The summed E-state index contributed by atoms with van der Waals surface area (Å²) in [4.78, 5) is 11.8. The standard InChI is InChI=1S/C14H16N2O4S/c1-10-6-7-13(20-10)14(17)15-9-11-4-3-5-12(8-11)16-21(2,18)19/h3-8,16H,9H2,1-2H3,(H,15,17). The first-order valence-electron chi connectivity index (χ1n) is 6.25. The number of rotatable bonds is 5. The molecule has 21 heavy (non-hydrogen) atoms. The molecule has 0 aliphatic heterocycles. The second-order valence-electron chi connectivity index (χ2n) is 4.67. The van der Waals surface area contributed by atoms with Crippen molar-refractivity contribution in [3.8, 4) is 0 Å². The van der Waals surface area contributed by atoms with E-state index >= 15 is 0 Å². The smallest absolute Gasteiger partial charge is 0.287 e.